The van der Waals surface area contributed by atoms with E-state index in [1.54, 1.807) is 30.3 Å². The molecule has 0 spiro atoms. The largest absolute Gasteiger partial charge is 0.472 e. The van der Waals surface area contributed by atoms with Gasteiger partial charge < -0.3 is 4.42 Å². The van der Waals surface area contributed by atoms with Crippen molar-refractivity contribution >= 4 is 10.0 Å². The Morgan fingerprint density at radius 3 is 2.50 bits per heavy atom. The fraction of sp³-hybridized carbons (Fsp3) is 0.167. The van der Waals surface area contributed by atoms with Crippen molar-refractivity contribution in [1.29, 1.82) is 0 Å². The molecular formula is C12H11NO4S. The monoisotopic (exact) mass is 265 g/mol. The van der Waals surface area contributed by atoms with Gasteiger partial charge in [0.2, 0.25) is 6.23 Å². The molecule has 2 aromatic rings. The van der Waals surface area contributed by atoms with E-state index in [1.807, 2.05) is 6.92 Å². The highest BCUT2D eigenvalue weighted by Crippen LogP contribution is 2.42. The van der Waals surface area contributed by atoms with Crippen molar-refractivity contribution in [2.45, 2.75) is 18.0 Å². The molecule has 1 aliphatic rings. The maximum atomic E-state index is 12.2. The molecule has 3 rings (SSSR count). The molecule has 0 radical (unpaired) electrons. The Labute approximate surface area is 105 Å². The Morgan fingerprint density at radius 2 is 1.89 bits per heavy atom. The molecule has 0 amide bonds. The van der Waals surface area contributed by atoms with Crippen LogP contribution in [0.1, 0.15) is 17.4 Å². The number of furan rings is 1. The Kier molecular flexibility index (Phi) is 2.51. The smallest absolute Gasteiger partial charge is 0.267 e. The highest BCUT2D eigenvalue weighted by molar-refractivity contribution is 7.89. The molecule has 0 bridgehead atoms. The van der Waals surface area contributed by atoms with Crippen LogP contribution >= 0.6 is 0 Å². The van der Waals surface area contributed by atoms with E-state index in [9.17, 15) is 8.42 Å². The lowest BCUT2D eigenvalue weighted by Gasteiger charge is -2.02. The summed E-state index contributed by atoms with van der Waals surface area (Å²) in [6.45, 7) is 1.90. The predicted octanol–water partition coefficient (Wildman–Crippen LogP) is 2.22. The molecule has 6 heteroatoms. The molecule has 1 aromatic carbocycles. The molecule has 2 unspecified atom stereocenters. The number of hydrogen-bond acceptors (Lipinski definition) is 4. The first-order chi connectivity index (χ1) is 8.59. The van der Waals surface area contributed by atoms with E-state index in [2.05, 4.69) is 0 Å². The van der Waals surface area contributed by atoms with Gasteiger partial charge in [-0.05, 0) is 29.6 Å². The van der Waals surface area contributed by atoms with Crippen LogP contribution in [0.15, 0.2) is 52.2 Å². The maximum absolute atomic E-state index is 12.2. The lowest BCUT2D eigenvalue weighted by molar-refractivity contribution is 0.283. The normalized spacial score (nSPS) is 22.9. The standard InChI is InChI=1S/C12H11NO4S/c1-9-2-4-11(5-3-9)18(14,15)13-12(17-13)10-6-7-16-8-10/h2-8,12H,1H3. The van der Waals surface area contributed by atoms with Gasteiger partial charge in [-0.3, -0.25) is 4.84 Å². The van der Waals surface area contributed by atoms with E-state index in [0.29, 0.717) is 5.56 Å². The molecule has 0 N–H and O–H groups in total. The summed E-state index contributed by atoms with van der Waals surface area (Å²) in [5, 5.41) is 0. The number of nitrogens with zero attached hydrogens (tertiary/aromatic N) is 1. The van der Waals surface area contributed by atoms with Crippen molar-refractivity contribution in [2.24, 2.45) is 0 Å². The average molecular weight is 265 g/mol. The van der Waals surface area contributed by atoms with Crippen LogP contribution < -0.4 is 0 Å². The van der Waals surface area contributed by atoms with Gasteiger partial charge in [0.1, 0.15) is 0 Å². The van der Waals surface area contributed by atoms with Crippen LogP contribution in [0, 0.1) is 6.92 Å². The van der Waals surface area contributed by atoms with Crippen LogP contribution in [0.25, 0.3) is 0 Å². The summed E-state index contributed by atoms with van der Waals surface area (Å²) in [6.07, 6.45) is 2.37. The average Bonchev–Trinajstić information content (AvgIpc) is 2.98. The summed E-state index contributed by atoms with van der Waals surface area (Å²) in [4.78, 5) is 5.32. The third-order valence-electron chi connectivity index (χ3n) is 2.73. The zero-order valence-corrected chi connectivity index (χ0v) is 10.4. The minimum Gasteiger partial charge on any atom is -0.472 e. The minimum atomic E-state index is -3.59. The topological polar surface area (TPSA) is 62.8 Å². The lowest BCUT2D eigenvalue weighted by Crippen LogP contribution is -2.12. The van der Waals surface area contributed by atoms with Gasteiger partial charge in [0, 0.05) is 5.56 Å². The van der Waals surface area contributed by atoms with Crippen LogP contribution in [0.2, 0.25) is 0 Å². The van der Waals surface area contributed by atoms with Crippen LogP contribution in [0.5, 0.6) is 0 Å². The van der Waals surface area contributed by atoms with Gasteiger partial charge in [-0.25, -0.2) is 8.42 Å². The SMILES string of the molecule is Cc1ccc(S(=O)(=O)N2OC2c2ccoc2)cc1. The molecule has 18 heavy (non-hydrogen) atoms. The van der Waals surface area contributed by atoms with Gasteiger partial charge in [-0.1, -0.05) is 17.7 Å². The molecule has 1 aromatic heterocycles. The van der Waals surface area contributed by atoms with Crippen LogP contribution in [-0.4, -0.2) is 12.9 Å². The van der Waals surface area contributed by atoms with Gasteiger partial charge in [-0.15, -0.1) is 0 Å². The molecule has 2 heterocycles. The Morgan fingerprint density at radius 1 is 1.17 bits per heavy atom. The third-order valence-corrected chi connectivity index (χ3v) is 4.35. The second-order valence-corrected chi connectivity index (χ2v) is 5.87. The zero-order chi connectivity index (χ0) is 12.8. The molecule has 1 fully saturated rings. The molecule has 94 valence electrons. The number of hydroxylamine groups is 1. The Balaban J connectivity index is 1.87. The first-order valence-electron chi connectivity index (χ1n) is 5.39. The van der Waals surface area contributed by atoms with Crippen molar-refractivity contribution in [2.75, 3.05) is 0 Å². The van der Waals surface area contributed by atoms with Gasteiger partial charge in [0.15, 0.2) is 0 Å². The van der Waals surface area contributed by atoms with Gasteiger partial charge in [-0.2, -0.15) is 0 Å². The van der Waals surface area contributed by atoms with E-state index in [4.69, 9.17) is 9.25 Å². The van der Waals surface area contributed by atoms with Crippen molar-refractivity contribution in [3.8, 4) is 0 Å². The molecule has 0 aliphatic carbocycles. The van der Waals surface area contributed by atoms with E-state index >= 15 is 0 Å². The number of rotatable bonds is 3. The van der Waals surface area contributed by atoms with Gasteiger partial charge in [0.05, 0.1) is 17.4 Å². The van der Waals surface area contributed by atoms with Crippen molar-refractivity contribution in [3.63, 3.8) is 0 Å². The summed E-state index contributed by atoms with van der Waals surface area (Å²) < 4.78 is 30.2. The van der Waals surface area contributed by atoms with Crippen LogP contribution in [0.4, 0.5) is 0 Å². The zero-order valence-electron chi connectivity index (χ0n) is 9.61. The maximum Gasteiger partial charge on any atom is 0.267 e. The van der Waals surface area contributed by atoms with Crippen LogP contribution in [0.3, 0.4) is 0 Å². The first kappa shape index (κ1) is 11.5. The highest BCUT2D eigenvalue weighted by Gasteiger charge is 2.49. The summed E-state index contributed by atoms with van der Waals surface area (Å²) in [5.74, 6) is 0. The first-order valence-corrected chi connectivity index (χ1v) is 6.83. The Bertz CT molecular complexity index is 646. The summed E-state index contributed by atoms with van der Waals surface area (Å²) in [6, 6.07) is 8.32. The van der Waals surface area contributed by atoms with E-state index in [-0.39, 0.29) is 4.90 Å². The quantitative estimate of drug-likeness (QED) is 0.798. The number of aryl methyl sites for hydroxylation is 1. The van der Waals surface area contributed by atoms with Gasteiger partial charge >= 0.3 is 0 Å². The number of benzene rings is 1. The van der Waals surface area contributed by atoms with E-state index < -0.39 is 16.3 Å². The number of sulfonamides is 1. The second-order valence-electron chi connectivity index (χ2n) is 4.09. The molecular weight excluding hydrogens is 254 g/mol. The fourth-order valence-corrected chi connectivity index (χ4v) is 2.92. The summed E-state index contributed by atoms with van der Waals surface area (Å²) >= 11 is 0. The molecule has 5 nitrogen and oxygen atoms in total. The van der Waals surface area contributed by atoms with E-state index in [1.165, 1.54) is 12.5 Å². The highest BCUT2D eigenvalue weighted by atomic mass is 32.2. The predicted molar refractivity (Wildman–Crippen MR) is 62.7 cm³/mol. The molecule has 2 atom stereocenters. The molecule has 0 saturated carbocycles. The van der Waals surface area contributed by atoms with Crippen molar-refractivity contribution in [1.82, 2.24) is 4.47 Å². The number of hydrogen-bond donors (Lipinski definition) is 0. The Hall–Kier alpha value is -1.63. The fourth-order valence-electron chi connectivity index (χ4n) is 1.67. The molecule has 1 aliphatic heterocycles. The van der Waals surface area contributed by atoms with Crippen molar-refractivity contribution < 1.29 is 17.7 Å². The summed E-state index contributed by atoms with van der Waals surface area (Å²) in [5.41, 5.74) is 1.69. The third kappa shape index (κ3) is 1.84. The summed E-state index contributed by atoms with van der Waals surface area (Å²) in [7, 11) is -3.59. The lowest BCUT2D eigenvalue weighted by atomic mass is 10.2. The molecule has 1 saturated heterocycles. The van der Waals surface area contributed by atoms with Gasteiger partial charge in [0.25, 0.3) is 10.0 Å². The van der Waals surface area contributed by atoms with Crippen LogP contribution in [-0.2, 0) is 14.9 Å². The van der Waals surface area contributed by atoms with E-state index in [0.717, 1.165) is 10.0 Å². The van der Waals surface area contributed by atoms with Crippen molar-refractivity contribution in [3.05, 3.63) is 54.0 Å². The second kappa shape index (κ2) is 3.94. The minimum absolute atomic E-state index is 0.221.